The van der Waals surface area contributed by atoms with Crippen molar-refractivity contribution in [2.75, 3.05) is 13.1 Å². The third-order valence-corrected chi connectivity index (χ3v) is 4.91. The van der Waals surface area contributed by atoms with Gasteiger partial charge in [-0.25, -0.2) is 4.98 Å². The number of amides is 1. The molecule has 1 fully saturated rings. The van der Waals surface area contributed by atoms with E-state index in [2.05, 4.69) is 20.9 Å². The maximum atomic E-state index is 12.3. The van der Waals surface area contributed by atoms with Crippen LogP contribution in [0.5, 0.6) is 0 Å². The first kappa shape index (κ1) is 22.0. The molecular formula is C17H22BrCl2N3O2. The van der Waals surface area contributed by atoms with Crippen molar-refractivity contribution in [3.63, 3.8) is 0 Å². The molecule has 1 aliphatic rings. The van der Waals surface area contributed by atoms with Gasteiger partial charge >= 0.3 is 0 Å². The monoisotopic (exact) mass is 449 g/mol. The first-order valence-electron chi connectivity index (χ1n) is 7.88. The molecule has 1 saturated heterocycles. The quantitative estimate of drug-likeness (QED) is 0.751. The van der Waals surface area contributed by atoms with Crippen molar-refractivity contribution >= 4 is 46.7 Å². The van der Waals surface area contributed by atoms with Crippen molar-refractivity contribution < 1.29 is 9.21 Å². The first-order valence-corrected chi connectivity index (χ1v) is 8.67. The van der Waals surface area contributed by atoms with Gasteiger partial charge in [0.1, 0.15) is 0 Å². The van der Waals surface area contributed by atoms with Crippen molar-refractivity contribution in [3.8, 4) is 11.3 Å². The minimum absolute atomic E-state index is 0. The lowest BCUT2D eigenvalue weighted by molar-refractivity contribution is -0.131. The van der Waals surface area contributed by atoms with E-state index in [1.807, 2.05) is 29.2 Å². The first-order chi connectivity index (χ1) is 11.2. The van der Waals surface area contributed by atoms with Crippen molar-refractivity contribution in [3.05, 3.63) is 40.8 Å². The summed E-state index contributed by atoms with van der Waals surface area (Å²) in [5.41, 5.74) is 6.68. The maximum Gasteiger partial charge on any atom is 0.223 e. The average molecular weight is 451 g/mol. The van der Waals surface area contributed by atoms with E-state index in [1.54, 1.807) is 6.20 Å². The number of hydrogen-bond donors (Lipinski definition) is 1. The molecule has 0 aliphatic carbocycles. The minimum atomic E-state index is 0. The molecular weight excluding hydrogens is 429 g/mol. The average Bonchev–Trinajstić information content (AvgIpc) is 3.22. The van der Waals surface area contributed by atoms with Gasteiger partial charge in [0.15, 0.2) is 11.7 Å². The van der Waals surface area contributed by atoms with Gasteiger partial charge in [0.25, 0.3) is 0 Å². The van der Waals surface area contributed by atoms with Crippen LogP contribution in [-0.2, 0) is 11.2 Å². The van der Waals surface area contributed by atoms with E-state index in [1.165, 1.54) is 0 Å². The summed E-state index contributed by atoms with van der Waals surface area (Å²) in [6.07, 6.45) is 4.67. The van der Waals surface area contributed by atoms with Crippen LogP contribution in [0.15, 0.2) is 39.4 Å². The van der Waals surface area contributed by atoms with Gasteiger partial charge in [-0.05, 0) is 18.9 Å². The predicted molar refractivity (Wildman–Crippen MR) is 106 cm³/mol. The Morgan fingerprint density at radius 1 is 1.36 bits per heavy atom. The van der Waals surface area contributed by atoms with Crippen LogP contribution in [0.4, 0.5) is 0 Å². The van der Waals surface area contributed by atoms with E-state index in [-0.39, 0.29) is 36.8 Å². The van der Waals surface area contributed by atoms with Crippen LogP contribution >= 0.6 is 40.7 Å². The molecule has 0 spiro atoms. The molecule has 3 rings (SSSR count). The molecule has 2 aromatic rings. The molecule has 1 aromatic carbocycles. The summed E-state index contributed by atoms with van der Waals surface area (Å²) in [7, 11) is 0. The van der Waals surface area contributed by atoms with E-state index < -0.39 is 0 Å². The zero-order valence-electron chi connectivity index (χ0n) is 13.7. The highest BCUT2D eigenvalue weighted by Gasteiger charge is 2.27. The van der Waals surface area contributed by atoms with Crippen LogP contribution in [-0.4, -0.2) is 34.9 Å². The Labute approximate surface area is 168 Å². The molecule has 2 heterocycles. The Kier molecular flexibility index (Phi) is 8.93. The highest BCUT2D eigenvalue weighted by Crippen LogP contribution is 2.28. The van der Waals surface area contributed by atoms with Crippen molar-refractivity contribution in [2.24, 2.45) is 5.73 Å². The van der Waals surface area contributed by atoms with E-state index in [4.69, 9.17) is 10.2 Å². The van der Waals surface area contributed by atoms with Gasteiger partial charge in [-0.15, -0.1) is 24.8 Å². The Balaban J connectivity index is 0.00000156. The van der Waals surface area contributed by atoms with Crippen LogP contribution in [0.2, 0.25) is 0 Å². The third kappa shape index (κ3) is 5.20. The Morgan fingerprint density at radius 3 is 2.84 bits per heavy atom. The standard InChI is InChI=1S/C17H20BrN3O2.2ClH/c18-14-6-2-1-5-13(14)15-11-20-16(23-15)7-8-17(22)21-9-3-4-12(21)10-19;;/h1-2,5-6,11-12H,3-4,7-10,19H2;2*1H. The molecule has 1 amide bonds. The summed E-state index contributed by atoms with van der Waals surface area (Å²) < 4.78 is 6.74. The second-order valence-corrected chi connectivity index (χ2v) is 6.57. The third-order valence-electron chi connectivity index (χ3n) is 4.22. The number of aryl methyl sites for hydroxylation is 1. The highest BCUT2D eigenvalue weighted by molar-refractivity contribution is 9.10. The fraction of sp³-hybridized carbons (Fsp3) is 0.412. The van der Waals surface area contributed by atoms with Gasteiger partial charge in [0.2, 0.25) is 5.91 Å². The molecule has 0 bridgehead atoms. The predicted octanol–water partition coefficient (Wildman–Crippen LogP) is 3.83. The summed E-state index contributed by atoms with van der Waals surface area (Å²) >= 11 is 3.50. The zero-order chi connectivity index (χ0) is 16.2. The lowest BCUT2D eigenvalue weighted by Crippen LogP contribution is -2.40. The summed E-state index contributed by atoms with van der Waals surface area (Å²) in [5, 5.41) is 0. The molecule has 138 valence electrons. The molecule has 8 heteroatoms. The number of hydrogen-bond acceptors (Lipinski definition) is 4. The number of likely N-dealkylation sites (tertiary alicyclic amines) is 1. The molecule has 2 N–H and O–H groups in total. The van der Waals surface area contributed by atoms with Gasteiger partial charge in [0.05, 0.1) is 6.20 Å². The molecule has 1 aliphatic heterocycles. The van der Waals surface area contributed by atoms with E-state index in [0.29, 0.717) is 31.0 Å². The van der Waals surface area contributed by atoms with Gasteiger partial charge in [-0.1, -0.05) is 34.1 Å². The zero-order valence-corrected chi connectivity index (χ0v) is 16.9. The molecule has 0 radical (unpaired) electrons. The van der Waals surface area contributed by atoms with Crippen LogP contribution in [0.1, 0.15) is 25.2 Å². The lowest BCUT2D eigenvalue weighted by Gasteiger charge is -2.23. The SMILES string of the molecule is Cl.Cl.NCC1CCCN1C(=O)CCc1ncc(-c2ccccc2Br)o1. The van der Waals surface area contributed by atoms with Crippen LogP contribution in [0.3, 0.4) is 0 Å². The van der Waals surface area contributed by atoms with Gasteiger partial charge in [-0.2, -0.15) is 0 Å². The fourth-order valence-corrected chi connectivity index (χ4v) is 3.46. The van der Waals surface area contributed by atoms with E-state index in [9.17, 15) is 4.79 Å². The van der Waals surface area contributed by atoms with E-state index >= 15 is 0 Å². The maximum absolute atomic E-state index is 12.3. The van der Waals surface area contributed by atoms with Gasteiger partial charge in [0, 0.05) is 42.0 Å². The molecule has 0 saturated carbocycles. The number of benzene rings is 1. The van der Waals surface area contributed by atoms with Gasteiger partial charge in [-0.3, -0.25) is 4.79 Å². The number of rotatable bonds is 5. The second-order valence-electron chi connectivity index (χ2n) is 5.72. The summed E-state index contributed by atoms with van der Waals surface area (Å²) in [4.78, 5) is 18.5. The number of nitrogens with zero attached hydrogens (tertiary/aromatic N) is 2. The fourth-order valence-electron chi connectivity index (χ4n) is 2.98. The molecule has 1 aromatic heterocycles. The number of aromatic nitrogens is 1. The molecule has 1 unspecified atom stereocenters. The van der Waals surface area contributed by atoms with Gasteiger partial charge < -0.3 is 15.1 Å². The molecule has 25 heavy (non-hydrogen) atoms. The number of carbonyl (C=O) groups excluding carboxylic acids is 1. The molecule has 5 nitrogen and oxygen atoms in total. The summed E-state index contributed by atoms with van der Waals surface area (Å²) in [5.74, 6) is 1.44. The van der Waals surface area contributed by atoms with Crippen LogP contribution < -0.4 is 5.73 Å². The largest absolute Gasteiger partial charge is 0.441 e. The Hall–Kier alpha value is -1.08. The second kappa shape index (κ2) is 10.2. The number of halogens is 3. The van der Waals surface area contributed by atoms with Crippen molar-refractivity contribution in [2.45, 2.75) is 31.7 Å². The lowest BCUT2D eigenvalue weighted by atomic mass is 10.2. The summed E-state index contributed by atoms with van der Waals surface area (Å²) in [6, 6.07) is 8.03. The Morgan fingerprint density at radius 2 is 2.12 bits per heavy atom. The normalized spacial score (nSPS) is 16.2. The minimum Gasteiger partial charge on any atom is -0.441 e. The smallest absolute Gasteiger partial charge is 0.223 e. The van der Waals surface area contributed by atoms with Crippen molar-refractivity contribution in [1.82, 2.24) is 9.88 Å². The Bertz CT molecular complexity index is 696. The molecule has 1 atom stereocenters. The topological polar surface area (TPSA) is 72.4 Å². The number of carbonyl (C=O) groups is 1. The number of nitrogens with two attached hydrogens (primary N) is 1. The van der Waals surface area contributed by atoms with Crippen molar-refractivity contribution in [1.29, 1.82) is 0 Å². The van der Waals surface area contributed by atoms with Crippen LogP contribution in [0.25, 0.3) is 11.3 Å². The summed E-state index contributed by atoms with van der Waals surface area (Å²) in [6.45, 7) is 1.35. The van der Waals surface area contributed by atoms with E-state index in [0.717, 1.165) is 29.4 Å². The number of oxazole rings is 1. The highest BCUT2D eigenvalue weighted by atomic mass is 79.9. The van der Waals surface area contributed by atoms with Crippen LogP contribution in [0, 0.1) is 0 Å².